The van der Waals surface area contributed by atoms with Crippen LogP contribution >= 0.6 is 0 Å². The van der Waals surface area contributed by atoms with E-state index < -0.39 is 0 Å². The van der Waals surface area contributed by atoms with Gasteiger partial charge in [0.05, 0.1) is 6.04 Å². The molecule has 2 heterocycles. The van der Waals surface area contributed by atoms with E-state index in [1.54, 1.807) is 19.2 Å². The van der Waals surface area contributed by atoms with E-state index in [0.717, 1.165) is 24.2 Å². The lowest BCUT2D eigenvalue weighted by atomic mass is 10.1. The summed E-state index contributed by atoms with van der Waals surface area (Å²) in [7, 11) is 1.55. The molecule has 0 bridgehead atoms. The molecule has 1 aromatic carbocycles. The summed E-state index contributed by atoms with van der Waals surface area (Å²) < 4.78 is 0. The Morgan fingerprint density at radius 1 is 1.24 bits per heavy atom. The van der Waals surface area contributed by atoms with Crippen molar-refractivity contribution in [1.82, 2.24) is 15.5 Å². The van der Waals surface area contributed by atoms with Crippen LogP contribution < -0.4 is 15.5 Å². The fourth-order valence-electron chi connectivity index (χ4n) is 2.85. The highest BCUT2D eigenvalue weighted by atomic mass is 16.2. The van der Waals surface area contributed by atoms with E-state index in [2.05, 4.69) is 20.8 Å². The Kier molecular flexibility index (Phi) is 4.92. The van der Waals surface area contributed by atoms with Gasteiger partial charge in [-0.15, -0.1) is 10.2 Å². The molecule has 1 fully saturated rings. The number of carbonyl (C=O) groups excluding carboxylic acids is 2. The monoisotopic (exact) mass is 339 g/mol. The molecule has 1 aliphatic heterocycles. The van der Waals surface area contributed by atoms with Gasteiger partial charge in [0.15, 0.2) is 5.69 Å². The van der Waals surface area contributed by atoms with Gasteiger partial charge in [0.2, 0.25) is 5.91 Å². The normalized spacial score (nSPS) is 15.1. The summed E-state index contributed by atoms with van der Waals surface area (Å²) in [5.74, 6) is 0.492. The molecule has 1 aromatic heterocycles. The maximum absolute atomic E-state index is 11.9. The number of benzene rings is 1. The molecule has 0 radical (unpaired) electrons. The summed E-state index contributed by atoms with van der Waals surface area (Å²) in [5.41, 5.74) is 2.25. The lowest BCUT2D eigenvalue weighted by Crippen LogP contribution is -2.24. The highest BCUT2D eigenvalue weighted by Crippen LogP contribution is 2.26. The Balaban J connectivity index is 1.71. The molecule has 7 heteroatoms. The molecular weight excluding hydrogens is 318 g/mol. The van der Waals surface area contributed by atoms with Crippen molar-refractivity contribution in [2.45, 2.75) is 25.8 Å². The van der Waals surface area contributed by atoms with E-state index in [1.165, 1.54) is 0 Å². The zero-order valence-corrected chi connectivity index (χ0v) is 14.3. The molecular formula is C18H21N5O2. The first kappa shape index (κ1) is 16.9. The Labute approximate surface area is 146 Å². The van der Waals surface area contributed by atoms with E-state index >= 15 is 0 Å². The van der Waals surface area contributed by atoms with Crippen molar-refractivity contribution in [2.24, 2.45) is 0 Å². The van der Waals surface area contributed by atoms with E-state index in [4.69, 9.17) is 0 Å². The highest BCUT2D eigenvalue weighted by molar-refractivity contribution is 5.95. The van der Waals surface area contributed by atoms with Gasteiger partial charge in [0.1, 0.15) is 5.82 Å². The molecule has 1 atom stereocenters. The van der Waals surface area contributed by atoms with Crippen molar-refractivity contribution in [3.8, 4) is 0 Å². The second kappa shape index (κ2) is 7.29. The van der Waals surface area contributed by atoms with Crippen LogP contribution in [0.25, 0.3) is 0 Å². The zero-order chi connectivity index (χ0) is 17.8. The number of carbonyl (C=O) groups is 2. The predicted molar refractivity (Wildman–Crippen MR) is 95.5 cm³/mol. The maximum atomic E-state index is 11.9. The van der Waals surface area contributed by atoms with Crippen molar-refractivity contribution in [3.05, 3.63) is 47.7 Å². The summed E-state index contributed by atoms with van der Waals surface area (Å²) in [6.07, 6.45) is 1.52. The van der Waals surface area contributed by atoms with Gasteiger partial charge in [-0.1, -0.05) is 12.1 Å². The molecule has 1 unspecified atom stereocenters. The molecule has 25 heavy (non-hydrogen) atoms. The van der Waals surface area contributed by atoms with Crippen molar-refractivity contribution >= 4 is 23.3 Å². The third kappa shape index (κ3) is 3.76. The molecule has 0 saturated carbocycles. The summed E-state index contributed by atoms with van der Waals surface area (Å²) >= 11 is 0. The lowest BCUT2D eigenvalue weighted by molar-refractivity contribution is -0.117. The Hall–Kier alpha value is -2.96. The van der Waals surface area contributed by atoms with Crippen LogP contribution in [0.5, 0.6) is 0 Å². The first-order chi connectivity index (χ1) is 12.1. The van der Waals surface area contributed by atoms with Crippen LogP contribution in [0.4, 0.5) is 11.5 Å². The minimum Gasteiger partial charge on any atom is -0.362 e. The maximum Gasteiger partial charge on any atom is 0.271 e. The Bertz CT molecular complexity index is 775. The zero-order valence-electron chi connectivity index (χ0n) is 14.3. The SMILES string of the molecule is CNC(=O)c1ccc(NC(C)c2cccc(N3CCCC3=O)c2)nn1. The van der Waals surface area contributed by atoms with Crippen LogP contribution in [-0.4, -0.2) is 35.6 Å². The molecule has 1 saturated heterocycles. The quantitative estimate of drug-likeness (QED) is 0.871. The van der Waals surface area contributed by atoms with E-state index in [9.17, 15) is 9.59 Å². The van der Waals surface area contributed by atoms with E-state index in [0.29, 0.717) is 12.2 Å². The fraction of sp³-hybridized carbons (Fsp3) is 0.333. The number of hydrogen-bond acceptors (Lipinski definition) is 5. The van der Waals surface area contributed by atoms with Crippen molar-refractivity contribution in [1.29, 1.82) is 0 Å². The fourth-order valence-corrected chi connectivity index (χ4v) is 2.85. The smallest absolute Gasteiger partial charge is 0.271 e. The number of nitrogens with zero attached hydrogens (tertiary/aromatic N) is 3. The number of nitrogens with one attached hydrogen (secondary N) is 2. The van der Waals surface area contributed by atoms with Gasteiger partial charge in [-0.25, -0.2) is 0 Å². The number of hydrogen-bond donors (Lipinski definition) is 2. The topological polar surface area (TPSA) is 87.2 Å². The summed E-state index contributed by atoms with van der Waals surface area (Å²) in [4.78, 5) is 25.2. The van der Waals surface area contributed by atoms with Gasteiger partial charge >= 0.3 is 0 Å². The van der Waals surface area contributed by atoms with Crippen LogP contribution in [0.1, 0.15) is 41.9 Å². The average molecular weight is 339 g/mol. The van der Waals surface area contributed by atoms with Crippen LogP contribution in [-0.2, 0) is 4.79 Å². The van der Waals surface area contributed by atoms with Gasteiger partial charge in [0.25, 0.3) is 5.91 Å². The number of aromatic nitrogens is 2. The number of rotatable bonds is 5. The molecule has 1 aliphatic rings. The van der Waals surface area contributed by atoms with E-state index in [-0.39, 0.29) is 23.6 Å². The summed E-state index contributed by atoms with van der Waals surface area (Å²) in [6.45, 7) is 2.79. The lowest BCUT2D eigenvalue weighted by Gasteiger charge is -2.19. The summed E-state index contributed by atoms with van der Waals surface area (Å²) in [5, 5.41) is 13.7. The molecule has 0 aliphatic carbocycles. The number of anilines is 2. The average Bonchev–Trinajstić information content (AvgIpc) is 3.07. The van der Waals surface area contributed by atoms with Crippen LogP contribution in [0.2, 0.25) is 0 Å². The molecule has 130 valence electrons. The molecule has 7 nitrogen and oxygen atoms in total. The first-order valence-electron chi connectivity index (χ1n) is 8.31. The van der Waals surface area contributed by atoms with Crippen molar-refractivity contribution < 1.29 is 9.59 Å². The standard InChI is InChI=1S/C18H21N5O2/c1-12(20-16-9-8-15(21-22-16)18(25)19-2)13-5-3-6-14(11-13)23-10-4-7-17(23)24/h3,5-6,8-9,11-12H,4,7,10H2,1-2H3,(H,19,25)(H,20,22). The third-order valence-corrected chi connectivity index (χ3v) is 4.24. The predicted octanol–water partition coefficient (Wildman–Crippen LogP) is 2.14. The van der Waals surface area contributed by atoms with Crippen LogP contribution in [0, 0.1) is 0 Å². The second-order valence-electron chi connectivity index (χ2n) is 5.99. The third-order valence-electron chi connectivity index (χ3n) is 4.24. The van der Waals surface area contributed by atoms with Gasteiger partial charge in [-0.05, 0) is 43.2 Å². The van der Waals surface area contributed by atoms with Crippen molar-refractivity contribution in [2.75, 3.05) is 23.8 Å². The molecule has 0 spiro atoms. The molecule has 2 amide bonds. The van der Waals surface area contributed by atoms with Crippen molar-refractivity contribution in [3.63, 3.8) is 0 Å². The second-order valence-corrected chi connectivity index (χ2v) is 5.99. The Morgan fingerprint density at radius 3 is 2.72 bits per heavy atom. The Morgan fingerprint density at radius 2 is 2.08 bits per heavy atom. The minimum atomic E-state index is -0.268. The van der Waals surface area contributed by atoms with Gasteiger partial charge in [-0.3, -0.25) is 9.59 Å². The van der Waals surface area contributed by atoms with Gasteiger partial charge in [-0.2, -0.15) is 0 Å². The highest BCUT2D eigenvalue weighted by Gasteiger charge is 2.22. The van der Waals surface area contributed by atoms with E-state index in [1.807, 2.05) is 36.1 Å². The molecule has 2 aromatic rings. The van der Waals surface area contributed by atoms with Crippen LogP contribution in [0.15, 0.2) is 36.4 Å². The van der Waals surface area contributed by atoms with Gasteiger partial charge < -0.3 is 15.5 Å². The number of amides is 2. The first-order valence-corrected chi connectivity index (χ1v) is 8.31. The van der Waals surface area contributed by atoms with Crippen LogP contribution in [0.3, 0.4) is 0 Å². The molecule has 2 N–H and O–H groups in total. The van der Waals surface area contributed by atoms with Gasteiger partial charge in [0, 0.05) is 25.7 Å². The molecule has 3 rings (SSSR count). The minimum absolute atomic E-state index is 0.0159. The largest absolute Gasteiger partial charge is 0.362 e. The summed E-state index contributed by atoms with van der Waals surface area (Å²) in [6, 6.07) is 11.3.